The van der Waals surface area contributed by atoms with E-state index in [-0.39, 0.29) is 12.4 Å². The van der Waals surface area contributed by atoms with E-state index in [4.69, 9.17) is 9.47 Å². The van der Waals surface area contributed by atoms with Gasteiger partial charge in [0.2, 0.25) is 0 Å². The second kappa shape index (κ2) is 7.31. The lowest BCUT2D eigenvalue weighted by Crippen LogP contribution is -2.11. The number of carbonyl (C=O) groups is 2. The predicted molar refractivity (Wildman–Crippen MR) is 102 cm³/mol. The Hall–Kier alpha value is -1.93. The zero-order valence-corrected chi connectivity index (χ0v) is 15.7. The summed E-state index contributed by atoms with van der Waals surface area (Å²) < 4.78 is 12.5. The van der Waals surface area contributed by atoms with E-state index in [1.165, 1.54) is 11.3 Å². The fourth-order valence-electron chi connectivity index (χ4n) is 2.19. The van der Waals surface area contributed by atoms with Crippen molar-refractivity contribution in [1.82, 2.24) is 0 Å². The van der Waals surface area contributed by atoms with Gasteiger partial charge in [-0.15, -0.1) is 11.3 Å². The van der Waals surface area contributed by atoms with E-state index in [1.807, 2.05) is 36.4 Å². The molecule has 1 aromatic heterocycles. The molecule has 0 radical (unpaired) electrons. The van der Waals surface area contributed by atoms with Gasteiger partial charge in [-0.05, 0) is 65.9 Å². The lowest BCUT2D eigenvalue weighted by atomic mass is 10.2. The Morgan fingerprint density at radius 1 is 1.04 bits per heavy atom. The summed E-state index contributed by atoms with van der Waals surface area (Å²) >= 11 is 3.42. The van der Waals surface area contributed by atoms with Crippen molar-refractivity contribution in [3.63, 3.8) is 0 Å². The maximum Gasteiger partial charge on any atom is 0.352 e. The summed E-state index contributed by atoms with van der Waals surface area (Å²) in [5, 5.41) is 0.726. The van der Waals surface area contributed by atoms with Gasteiger partial charge in [-0.3, -0.25) is 0 Å². The standard InChI is InChI=1S/C18H13IO4S/c1-2-22-18(21)16-15(13-5-3-4-6-14(13)24-16)23-17(20)11-7-9-12(19)10-8-11/h3-10H,2H2,1H3. The highest BCUT2D eigenvalue weighted by atomic mass is 127. The van der Waals surface area contributed by atoms with Crippen molar-refractivity contribution in [2.24, 2.45) is 0 Å². The highest BCUT2D eigenvalue weighted by Gasteiger charge is 2.23. The Bertz CT molecular complexity index is 899. The molecule has 2 aromatic carbocycles. The van der Waals surface area contributed by atoms with Crippen molar-refractivity contribution in [3.05, 3.63) is 62.5 Å². The molecule has 0 fully saturated rings. The smallest absolute Gasteiger partial charge is 0.352 e. The van der Waals surface area contributed by atoms with Crippen LogP contribution in [0.3, 0.4) is 0 Å². The minimum Gasteiger partial charge on any atom is -0.462 e. The molecule has 6 heteroatoms. The van der Waals surface area contributed by atoms with Gasteiger partial charge in [0.15, 0.2) is 10.6 Å². The molecular weight excluding hydrogens is 439 g/mol. The molecule has 0 spiro atoms. The van der Waals surface area contributed by atoms with Crippen molar-refractivity contribution in [2.75, 3.05) is 6.61 Å². The molecule has 0 aliphatic carbocycles. The third kappa shape index (κ3) is 3.44. The maximum atomic E-state index is 12.4. The van der Waals surface area contributed by atoms with Crippen molar-refractivity contribution in [2.45, 2.75) is 6.92 Å². The molecular formula is C18H13IO4S. The van der Waals surface area contributed by atoms with E-state index in [1.54, 1.807) is 19.1 Å². The largest absolute Gasteiger partial charge is 0.462 e. The lowest BCUT2D eigenvalue weighted by Gasteiger charge is -2.06. The zero-order chi connectivity index (χ0) is 17.1. The number of benzene rings is 2. The molecule has 0 unspecified atom stereocenters. The van der Waals surface area contributed by atoms with E-state index in [0.29, 0.717) is 10.4 Å². The molecule has 0 aliphatic heterocycles. The van der Waals surface area contributed by atoms with Crippen LogP contribution in [0.1, 0.15) is 27.0 Å². The first kappa shape index (κ1) is 16.9. The Balaban J connectivity index is 2.00. The van der Waals surface area contributed by atoms with E-state index in [0.717, 1.165) is 13.7 Å². The van der Waals surface area contributed by atoms with Crippen LogP contribution < -0.4 is 4.74 Å². The van der Waals surface area contributed by atoms with Crippen LogP contribution in [0.15, 0.2) is 48.5 Å². The summed E-state index contributed by atoms with van der Waals surface area (Å²) in [5.41, 5.74) is 0.431. The molecule has 0 N–H and O–H groups in total. The Morgan fingerprint density at radius 3 is 2.46 bits per heavy atom. The molecule has 122 valence electrons. The van der Waals surface area contributed by atoms with Gasteiger partial charge in [0.1, 0.15) is 0 Å². The minimum absolute atomic E-state index is 0.261. The van der Waals surface area contributed by atoms with Crippen LogP contribution in [0.4, 0.5) is 0 Å². The van der Waals surface area contributed by atoms with Crippen molar-refractivity contribution >= 4 is 56.0 Å². The monoisotopic (exact) mass is 452 g/mol. The molecule has 3 aromatic rings. The fraction of sp³-hybridized carbons (Fsp3) is 0.111. The first-order valence-electron chi connectivity index (χ1n) is 7.26. The summed E-state index contributed by atoms with van der Waals surface area (Å²) in [4.78, 5) is 24.9. The molecule has 1 heterocycles. The topological polar surface area (TPSA) is 52.6 Å². The summed E-state index contributed by atoms with van der Waals surface area (Å²) in [6.07, 6.45) is 0. The van der Waals surface area contributed by atoms with Crippen LogP contribution in [-0.4, -0.2) is 18.5 Å². The van der Waals surface area contributed by atoms with Gasteiger partial charge < -0.3 is 9.47 Å². The number of hydrogen-bond acceptors (Lipinski definition) is 5. The number of esters is 2. The van der Waals surface area contributed by atoms with Crippen LogP contribution in [0.2, 0.25) is 0 Å². The highest BCUT2D eigenvalue weighted by molar-refractivity contribution is 14.1. The number of fused-ring (bicyclic) bond motifs is 1. The zero-order valence-electron chi connectivity index (χ0n) is 12.7. The first-order chi connectivity index (χ1) is 11.6. The summed E-state index contributed by atoms with van der Waals surface area (Å²) in [6.45, 7) is 2.00. The van der Waals surface area contributed by atoms with E-state index in [2.05, 4.69) is 22.6 Å². The maximum absolute atomic E-state index is 12.4. The number of halogens is 1. The van der Waals surface area contributed by atoms with Crippen molar-refractivity contribution < 1.29 is 19.1 Å². The Morgan fingerprint density at radius 2 is 1.75 bits per heavy atom. The normalized spacial score (nSPS) is 10.6. The Labute approximate surface area is 156 Å². The SMILES string of the molecule is CCOC(=O)c1sc2ccccc2c1OC(=O)c1ccc(I)cc1. The summed E-state index contributed by atoms with van der Waals surface area (Å²) in [6, 6.07) is 14.5. The van der Waals surface area contributed by atoms with Crippen LogP contribution in [0.5, 0.6) is 5.75 Å². The van der Waals surface area contributed by atoms with Gasteiger partial charge in [-0.1, -0.05) is 12.1 Å². The van der Waals surface area contributed by atoms with E-state index >= 15 is 0 Å². The van der Waals surface area contributed by atoms with Crippen LogP contribution in [-0.2, 0) is 4.74 Å². The average Bonchev–Trinajstić information content (AvgIpc) is 2.94. The second-order valence-electron chi connectivity index (χ2n) is 4.87. The number of thiophene rings is 1. The molecule has 24 heavy (non-hydrogen) atoms. The minimum atomic E-state index is -0.500. The predicted octanol–water partition coefficient (Wildman–Crippen LogP) is 4.90. The van der Waals surface area contributed by atoms with Gasteiger partial charge in [-0.25, -0.2) is 9.59 Å². The quantitative estimate of drug-likeness (QED) is 0.418. The fourth-order valence-corrected chi connectivity index (χ4v) is 3.58. The third-order valence-corrected chi connectivity index (χ3v) is 5.14. The van der Waals surface area contributed by atoms with Crippen LogP contribution in [0, 0.1) is 3.57 Å². The van der Waals surface area contributed by atoms with Crippen molar-refractivity contribution in [3.8, 4) is 5.75 Å². The molecule has 0 bridgehead atoms. The highest BCUT2D eigenvalue weighted by Crippen LogP contribution is 2.38. The summed E-state index contributed by atoms with van der Waals surface area (Å²) in [5.74, 6) is -0.720. The molecule has 0 amide bonds. The van der Waals surface area contributed by atoms with Gasteiger partial charge in [0.05, 0.1) is 12.2 Å². The van der Waals surface area contributed by atoms with Gasteiger partial charge in [0.25, 0.3) is 0 Å². The average molecular weight is 452 g/mol. The Kier molecular flexibility index (Phi) is 5.15. The van der Waals surface area contributed by atoms with Gasteiger partial charge >= 0.3 is 11.9 Å². The van der Waals surface area contributed by atoms with E-state index < -0.39 is 11.9 Å². The third-order valence-electron chi connectivity index (χ3n) is 3.29. The van der Waals surface area contributed by atoms with Gasteiger partial charge in [-0.2, -0.15) is 0 Å². The van der Waals surface area contributed by atoms with E-state index in [9.17, 15) is 9.59 Å². The molecule has 0 saturated heterocycles. The number of rotatable bonds is 4. The number of carbonyl (C=O) groups excluding carboxylic acids is 2. The number of ether oxygens (including phenoxy) is 2. The van der Waals surface area contributed by atoms with Crippen LogP contribution in [0.25, 0.3) is 10.1 Å². The van der Waals surface area contributed by atoms with Gasteiger partial charge in [0, 0.05) is 13.7 Å². The molecule has 0 atom stereocenters. The number of hydrogen-bond donors (Lipinski definition) is 0. The first-order valence-corrected chi connectivity index (χ1v) is 9.16. The second-order valence-corrected chi connectivity index (χ2v) is 7.17. The molecule has 4 nitrogen and oxygen atoms in total. The molecule has 0 saturated carbocycles. The van der Waals surface area contributed by atoms with Crippen molar-refractivity contribution in [1.29, 1.82) is 0 Å². The molecule has 3 rings (SSSR count). The van der Waals surface area contributed by atoms with Crippen LogP contribution >= 0.6 is 33.9 Å². The molecule has 0 aliphatic rings. The lowest BCUT2D eigenvalue weighted by molar-refractivity contribution is 0.0527. The summed E-state index contributed by atoms with van der Waals surface area (Å²) in [7, 11) is 0.